The zero-order valence-electron chi connectivity index (χ0n) is 23.5. The maximum Gasteiger partial charge on any atom is 0.329 e. The maximum absolute atomic E-state index is 13.7. The molecule has 1 unspecified atom stereocenters. The van der Waals surface area contributed by atoms with Gasteiger partial charge in [0.15, 0.2) is 0 Å². The Morgan fingerprint density at radius 2 is 1.68 bits per heavy atom. The van der Waals surface area contributed by atoms with E-state index in [0.29, 0.717) is 6.42 Å². The normalized spacial score (nSPS) is 26.4. The number of phenols is 1. The molecule has 0 spiro atoms. The van der Waals surface area contributed by atoms with Gasteiger partial charge in [-0.05, 0) is 43.4 Å². The van der Waals surface area contributed by atoms with E-state index in [2.05, 4.69) is 10.6 Å². The first-order valence-corrected chi connectivity index (χ1v) is 13.5. The van der Waals surface area contributed by atoms with Crippen LogP contribution in [0.4, 0.5) is 0 Å². The molecule has 0 radical (unpaired) electrons. The SMILES string of the molecule is CC(C)CC1C(=O)O[C@H](C)[C@H](NC(=O)c2ccccc2O)C(=O)N[C@@H](Cc2ccccc2)[C@@H](O)[C@@H](C)C(=O)N1C. The number of aromatic hydroxyl groups is 1. The molecule has 40 heavy (non-hydrogen) atoms. The van der Waals surface area contributed by atoms with Crippen molar-refractivity contribution in [1.29, 1.82) is 0 Å². The molecule has 1 heterocycles. The molecule has 0 aromatic heterocycles. The molecule has 1 fully saturated rings. The van der Waals surface area contributed by atoms with Crippen molar-refractivity contribution in [1.82, 2.24) is 15.5 Å². The van der Waals surface area contributed by atoms with Crippen LogP contribution in [0.2, 0.25) is 0 Å². The quantitative estimate of drug-likeness (QED) is 0.401. The molecular formula is C30H39N3O7. The Morgan fingerprint density at radius 3 is 2.30 bits per heavy atom. The number of cyclic esters (lactones) is 1. The molecule has 10 heteroatoms. The van der Waals surface area contributed by atoms with E-state index in [9.17, 15) is 29.4 Å². The molecule has 1 aliphatic heterocycles. The van der Waals surface area contributed by atoms with Gasteiger partial charge in [-0.1, -0.05) is 63.2 Å². The first-order valence-electron chi connectivity index (χ1n) is 13.5. The monoisotopic (exact) mass is 553 g/mol. The van der Waals surface area contributed by atoms with Crippen molar-refractivity contribution in [2.75, 3.05) is 7.05 Å². The highest BCUT2D eigenvalue weighted by atomic mass is 16.5. The fraction of sp³-hybridized carbons (Fsp3) is 0.467. The van der Waals surface area contributed by atoms with Crippen molar-refractivity contribution in [3.63, 3.8) is 0 Å². The number of carbonyl (C=O) groups is 4. The highest BCUT2D eigenvalue weighted by Crippen LogP contribution is 2.22. The van der Waals surface area contributed by atoms with Gasteiger partial charge in [-0.2, -0.15) is 0 Å². The van der Waals surface area contributed by atoms with E-state index in [1.807, 2.05) is 44.2 Å². The number of ether oxygens (including phenoxy) is 1. The maximum atomic E-state index is 13.7. The molecule has 0 saturated carbocycles. The second kappa shape index (κ2) is 13.4. The minimum absolute atomic E-state index is 0.0296. The van der Waals surface area contributed by atoms with Gasteiger partial charge in [0, 0.05) is 7.05 Å². The lowest BCUT2D eigenvalue weighted by atomic mass is 9.90. The molecule has 1 saturated heterocycles. The standard InChI is InChI=1S/C30H39N3O7/c1-17(2)15-23-30(39)40-19(4)25(32-27(36)21-13-9-10-14-24(21)34)28(37)31-22(16-20-11-7-6-8-12-20)26(35)18(3)29(38)33(23)5/h6-14,17-19,22-23,25-26,34-35H,15-16H2,1-5H3,(H,31,37)(H,32,36)/t18-,19-,22+,23?,25+,26+/m1/s1. The predicted molar refractivity (Wildman–Crippen MR) is 148 cm³/mol. The predicted octanol–water partition coefficient (Wildman–Crippen LogP) is 2.03. The molecule has 3 amide bonds. The minimum Gasteiger partial charge on any atom is -0.507 e. The Hall–Kier alpha value is -3.92. The van der Waals surface area contributed by atoms with E-state index in [4.69, 9.17) is 4.74 Å². The van der Waals surface area contributed by atoms with Gasteiger partial charge in [0.1, 0.15) is 23.9 Å². The van der Waals surface area contributed by atoms with Crippen LogP contribution >= 0.6 is 0 Å². The molecule has 216 valence electrons. The third-order valence-electron chi connectivity index (χ3n) is 7.21. The molecule has 0 bridgehead atoms. The number of phenolic OH excluding ortho intramolecular Hbond substituents is 1. The van der Waals surface area contributed by atoms with Crippen molar-refractivity contribution >= 4 is 23.7 Å². The molecule has 4 N–H and O–H groups in total. The number of esters is 1. The zero-order chi connectivity index (χ0) is 29.6. The van der Waals surface area contributed by atoms with Crippen molar-refractivity contribution in [2.24, 2.45) is 11.8 Å². The van der Waals surface area contributed by atoms with Crippen LogP contribution in [0, 0.1) is 11.8 Å². The van der Waals surface area contributed by atoms with Crippen LogP contribution in [0.5, 0.6) is 5.75 Å². The summed E-state index contributed by atoms with van der Waals surface area (Å²) in [6.07, 6.45) is -1.95. The third-order valence-corrected chi connectivity index (χ3v) is 7.21. The molecular weight excluding hydrogens is 514 g/mol. The first kappa shape index (κ1) is 30.6. The smallest absolute Gasteiger partial charge is 0.329 e. The average molecular weight is 554 g/mol. The number of benzene rings is 2. The van der Waals surface area contributed by atoms with Crippen molar-refractivity contribution in [3.05, 3.63) is 65.7 Å². The van der Waals surface area contributed by atoms with Crippen molar-refractivity contribution in [3.8, 4) is 5.75 Å². The Balaban J connectivity index is 2.03. The summed E-state index contributed by atoms with van der Waals surface area (Å²) in [6, 6.07) is 11.8. The highest BCUT2D eigenvalue weighted by molar-refractivity contribution is 6.00. The molecule has 1 aliphatic rings. The number of aliphatic hydroxyl groups excluding tert-OH is 1. The summed E-state index contributed by atoms with van der Waals surface area (Å²) in [6.45, 7) is 6.83. The topological polar surface area (TPSA) is 145 Å². The van der Waals surface area contributed by atoms with Crippen molar-refractivity contribution in [2.45, 2.75) is 70.9 Å². The Bertz CT molecular complexity index is 1200. The summed E-state index contributed by atoms with van der Waals surface area (Å²) < 4.78 is 5.69. The van der Waals surface area contributed by atoms with Gasteiger partial charge in [0.25, 0.3) is 5.91 Å². The Morgan fingerprint density at radius 1 is 1.05 bits per heavy atom. The second-order valence-electron chi connectivity index (χ2n) is 10.8. The number of rotatable bonds is 6. The first-order chi connectivity index (χ1) is 18.9. The number of hydrogen-bond donors (Lipinski definition) is 4. The van der Waals surface area contributed by atoms with Gasteiger partial charge in [0.05, 0.1) is 23.6 Å². The Kier molecular flexibility index (Phi) is 10.3. The number of aliphatic hydroxyl groups is 1. The van der Waals surface area contributed by atoms with Gasteiger partial charge in [0.2, 0.25) is 11.8 Å². The van der Waals surface area contributed by atoms with Gasteiger partial charge >= 0.3 is 5.97 Å². The van der Waals surface area contributed by atoms with Gasteiger partial charge < -0.3 is 30.5 Å². The fourth-order valence-corrected chi connectivity index (χ4v) is 4.84. The fourth-order valence-electron chi connectivity index (χ4n) is 4.84. The van der Waals surface area contributed by atoms with E-state index in [1.54, 1.807) is 19.1 Å². The lowest BCUT2D eigenvalue weighted by molar-refractivity contribution is -0.163. The number of para-hydroxylation sites is 1. The summed E-state index contributed by atoms with van der Waals surface area (Å²) in [4.78, 5) is 54.8. The molecule has 3 rings (SSSR count). The second-order valence-corrected chi connectivity index (χ2v) is 10.8. The molecule has 2 aromatic rings. The van der Waals surface area contributed by atoms with Crippen LogP contribution in [0.3, 0.4) is 0 Å². The number of hydrogen-bond acceptors (Lipinski definition) is 7. The summed E-state index contributed by atoms with van der Waals surface area (Å²) in [5.74, 6) is -3.85. The van der Waals surface area contributed by atoms with Crippen LogP contribution in [-0.4, -0.2) is 76.2 Å². The van der Waals surface area contributed by atoms with E-state index < -0.39 is 59.9 Å². The minimum atomic E-state index is -1.36. The zero-order valence-corrected chi connectivity index (χ0v) is 23.5. The van der Waals surface area contributed by atoms with Crippen LogP contribution < -0.4 is 10.6 Å². The van der Waals surface area contributed by atoms with Crippen LogP contribution in [0.25, 0.3) is 0 Å². The van der Waals surface area contributed by atoms with E-state index in [0.717, 1.165) is 5.56 Å². The van der Waals surface area contributed by atoms with Gasteiger partial charge in [-0.3, -0.25) is 14.4 Å². The summed E-state index contributed by atoms with van der Waals surface area (Å²) in [5, 5.41) is 26.9. The highest BCUT2D eigenvalue weighted by Gasteiger charge is 2.41. The van der Waals surface area contributed by atoms with Crippen LogP contribution in [0.1, 0.15) is 50.0 Å². The van der Waals surface area contributed by atoms with Crippen LogP contribution in [0.15, 0.2) is 54.6 Å². The molecule has 10 nitrogen and oxygen atoms in total. The van der Waals surface area contributed by atoms with E-state index in [-0.39, 0.29) is 23.7 Å². The number of likely N-dealkylation sites (N-methyl/N-ethyl adjacent to an activating group) is 1. The van der Waals surface area contributed by atoms with Gasteiger partial charge in [-0.25, -0.2) is 4.79 Å². The molecule has 0 aliphatic carbocycles. The number of amides is 3. The lowest BCUT2D eigenvalue weighted by Crippen LogP contribution is -2.60. The van der Waals surface area contributed by atoms with Gasteiger partial charge in [-0.15, -0.1) is 0 Å². The largest absolute Gasteiger partial charge is 0.507 e. The molecule has 2 aromatic carbocycles. The molecule has 6 atom stereocenters. The van der Waals surface area contributed by atoms with Crippen LogP contribution in [-0.2, 0) is 25.5 Å². The number of carbonyl (C=O) groups excluding carboxylic acids is 4. The lowest BCUT2D eigenvalue weighted by Gasteiger charge is -2.36. The number of nitrogens with zero attached hydrogens (tertiary/aromatic N) is 1. The number of nitrogens with one attached hydrogen (secondary N) is 2. The average Bonchev–Trinajstić information content (AvgIpc) is 2.92. The third kappa shape index (κ3) is 7.38. The summed E-state index contributed by atoms with van der Waals surface area (Å²) in [7, 11) is 1.50. The van der Waals surface area contributed by atoms with E-state index in [1.165, 1.54) is 31.0 Å². The Labute approximate surface area is 234 Å². The summed E-state index contributed by atoms with van der Waals surface area (Å²) in [5.41, 5.74) is 0.761. The van der Waals surface area contributed by atoms with E-state index >= 15 is 0 Å². The summed E-state index contributed by atoms with van der Waals surface area (Å²) >= 11 is 0. The van der Waals surface area contributed by atoms with Crippen molar-refractivity contribution < 1.29 is 34.1 Å².